The maximum Gasteiger partial charge on any atom is 0.251 e. The van der Waals surface area contributed by atoms with Crippen molar-refractivity contribution in [2.75, 3.05) is 7.11 Å². The summed E-state index contributed by atoms with van der Waals surface area (Å²) in [6.07, 6.45) is 0. The highest BCUT2D eigenvalue weighted by molar-refractivity contribution is 9.10. The minimum Gasteiger partial charge on any atom is -0.497 e. The lowest BCUT2D eigenvalue weighted by Crippen LogP contribution is -2.23. The van der Waals surface area contributed by atoms with E-state index in [2.05, 4.69) is 36.4 Å². The number of aromatic nitrogens is 3. The molecule has 0 saturated carbocycles. The zero-order valence-corrected chi connectivity index (χ0v) is 14.8. The van der Waals surface area contributed by atoms with E-state index >= 15 is 0 Å². The van der Waals surface area contributed by atoms with Crippen LogP contribution >= 0.6 is 15.9 Å². The molecule has 0 spiro atoms. The van der Waals surface area contributed by atoms with Crippen LogP contribution in [0.5, 0.6) is 5.75 Å². The smallest absolute Gasteiger partial charge is 0.251 e. The largest absolute Gasteiger partial charge is 0.497 e. The summed E-state index contributed by atoms with van der Waals surface area (Å²) in [5.74, 6) is 0.867. The number of ether oxygens (including phenoxy) is 1. The fourth-order valence-corrected chi connectivity index (χ4v) is 2.66. The summed E-state index contributed by atoms with van der Waals surface area (Å²) in [6.45, 7) is 0.149. The zero-order chi connectivity index (χ0) is 17.8. The Bertz CT molecular complexity index is 876. The lowest BCUT2D eigenvalue weighted by atomic mass is 10.2. The summed E-state index contributed by atoms with van der Waals surface area (Å²) >= 11 is 3.16. The van der Waals surface area contributed by atoms with Crippen LogP contribution in [0, 0.1) is 5.82 Å². The van der Waals surface area contributed by atoms with Gasteiger partial charge < -0.3 is 10.1 Å². The summed E-state index contributed by atoms with van der Waals surface area (Å²) in [7, 11) is 1.60. The molecule has 6 nitrogen and oxygen atoms in total. The Morgan fingerprint density at radius 2 is 2.04 bits per heavy atom. The fraction of sp³-hybridized carbons (Fsp3) is 0.118. The number of nitrogens with one attached hydrogen (secondary N) is 2. The quantitative estimate of drug-likeness (QED) is 0.683. The van der Waals surface area contributed by atoms with Crippen molar-refractivity contribution in [3.05, 3.63) is 64.1 Å². The SMILES string of the molecule is COc1ccc(-c2n[nH]c(CNC(=O)c3cc(F)cc(Br)c3)n2)cc1. The molecule has 0 bridgehead atoms. The predicted octanol–water partition coefficient (Wildman–Crippen LogP) is 3.31. The first kappa shape index (κ1) is 17.1. The fourth-order valence-electron chi connectivity index (χ4n) is 2.19. The second-order valence-corrected chi connectivity index (χ2v) is 6.09. The van der Waals surface area contributed by atoms with Crippen molar-refractivity contribution in [1.29, 1.82) is 0 Å². The second-order valence-electron chi connectivity index (χ2n) is 5.18. The molecule has 0 aliphatic carbocycles. The highest BCUT2D eigenvalue weighted by atomic mass is 79.9. The maximum atomic E-state index is 13.3. The predicted molar refractivity (Wildman–Crippen MR) is 93.6 cm³/mol. The van der Waals surface area contributed by atoms with Crippen LogP contribution in [-0.2, 0) is 6.54 Å². The Hall–Kier alpha value is -2.74. The van der Waals surface area contributed by atoms with Crippen molar-refractivity contribution in [3.8, 4) is 17.1 Å². The van der Waals surface area contributed by atoms with Gasteiger partial charge >= 0.3 is 0 Å². The molecule has 2 N–H and O–H groups in total. The van der Waals surface area contributed by atoms with Crippen molar-refractivity contribution in [1.82, 2.24) is 20.5 Å². The van der Waals surface area contributed by atoms with Gasteiger partial charge in [0.15, 0.2) is 5.82 Å². The van der Waals surface area contributed by atoms with Crippen LogP contribution in [0.1, 0.15) is 16.2 Å². The molecule has 3 aromatic rings. The van der Waals surface area contributed by atoms with Crippen molar-refractivity contribution in [2.45, 2.75) is 6.54 Å². The Kier molecular flexibility index (Phi) is 5.08. The molecule has 128 valence electrons. The molecule has 0 radical (unpaired) electrons. The number of rotatable bonds is 5. The van der Waals surface area contributed by atoms with Crippen molar-refractivity contribution >= 4 is 21.8 Å². The van der Waals surface area contributed by atoms with Gasteiger partial charge in [-0.15, -0.1) is 0 Å². The third kappa shape index (κ3) is 4.21. The van der Waals surface area contributed by atoms with Crippen LogP contribution in [0.4, 0.5) is 4.39 Å². The average Bonchev–Trinajstić information content (AvgIpc) is 3.08. The second kappa shape index (κ2) is 7.43. The van der Waals surface area contributed by atoms with Crippen molar-refractivity contribution in [2.24, 2.45) is 0 Å². The van der Waals surface area contributed by atoms with Crippen LogP contribution in [0.2, 0.25) is 0 Å². The summed E-state index contributed by atoms with van der Waals surface area (Å²) in [5.41, 5.74) is 1.05. The van der Waals surface area contributed by atoms with Gasteiger partial charge in [-0.05, 0) is 42.5 Å². The third-order valence-electron chi connectivity index (χ3n) is 3.42. The molecule has 1 amide bonds. The molecule has 1 heterocycles. The maximum absolute atomic E-state index is 13.3. The number of hydrogen-bond acceptors (Lipinski definition) is 4. The van der Waals surface area contributed by atoms with Gasteiger partial charge in [-0.25, -0.2) is 9.37 Å². The third-order valence-corrected chi connectivity index (χ3v) is 3.88. The van der Waals surface area contributed by atoms with Crippen LogP contribution in [-0.4, -0.2) is 28.2 Å². The average molecular weight is 405 g/mol. The summed E-state index contributed by atoms with van der Waals surface area (Å²) in [6, 6.07) is 11.3. The first-order chi connectivity index (χ1) is 12.0. The minimum atomic E-state index is -0.485. The van der Waals surface area contributed by atoms with E-state index in [4.69, 9.17) is 4.74 Å². The monoisotopic (exact) mass is 404 g/mol. The molecular formula is C17H14BrFN4O2. The van der Waals surface area contributed by atoms with E-state index in [1.807, 2.05) is 24.3 Å². The number of halogens is 2. The number of hydrogen-bond donors (Lipinski definition) is 2. The topological polar surface area (TPSA) is 79.9 Å². The molecule has 0 aliphatic heterocycles. The van der Waals surface area contributed by atoms with Crippen LogP contribution in [0.25, 0.3) is 11.4 Å². The van der Waals surface area contributed by atoms with Gasteiger partial charge in [0.1, 0.15) is 17.4 Å². The Morgan fingerprint density at radius 3 is 2.72 bits per heavy atom. The molecule has 0 atom stereocenters. The van der Waals surface area contributed by atoms with E-state index in [1.54, 1.807) is 13.2 Å². The van der Waals surface area contributed by atoms with Crippen LogP contribution in [0.15, 0.2) is 46.9 Å². The van der Waals surface area contributed by atoms with Gasteiger partial charge in [0.25, 0.3) is 5.91 Å². The van der Waals surface area contributed by atoms with E-state index in [9.17, 15) is 9.18 Å². The van der Waals surface area contributed by atoms with Crippen LogP contribution in [0.3, 0.4) is 0 Å². The number of carbonyl (C=O) groups is 1. The molecule has 0 unspecified atom stereocenters. The first-order valence-electron chi connectivity index (χ1n) is 7.35. The van der Waals surface area contributed by atoms with Gasteiger partial charge in [-0.2, -0.15) is 5.10 Å². The van der Waals surface area contributed by atoms with Gasteiger partial charge in [0, 0.05) is 15.6 Å². The van der Waals surface area contributed by atoms with Gasteiger partial charge in [0.05, 0.1) is 13.7 Å². The molecular weight excluding hydrogens is 391 g/mol. The van der Waals surface area contributed by atoms with Crippen molar-refractivity contribution < 1.29 is 13.9 Å². The standard InChI is InChI=1S/C17H14BrFN4O2/c1-25-14-4-2-10(3-5-14)16-21-15(22-23-16)9-20-17(24)11-6-12(18)8-13(19)7-11/h2-8H,9H2,1H3,(H,20,24)(H,21,22,23). The molecule has 0 aliphatic rings. The molecule has 0 fully saturated rings. The van der Waals surface area contributed by atoms with Crippen molar-refractivity contribution in [3.63, 3.8) is 0 Å². The first-order valence-corrected chi connectivity index (χ1v) is 8.14. The summed E-state index contributed by atoms with van der Waals surface area (Å²) < 4.78 is 19.0. The molecule has 8 heteroatoms. The molecule has 0 saturated heterocycles. The van der Waals surface area contributed by atoms with E-state index < -0.39 is 11.7 Å². The lowest BCUT2D eigenvalue weighted by molar-refractivity contribution is 0.0949. The molecule has 2 aromatic carbocycles. The van der Waals surface area contributed by atoms with Crippen LogP contribution < -0.4 is 10.1 Å². The molecule has 1 aromatic heterocycles. The Labute approximate surface area is 151 Å². The van der Waals surface area contributed by atoms with E-state index in [-0.39, 0.29) is 12.1 Å². The number of H-pyrrole nitrogens is 1. The zero-order valence-electron chi connectivity index (χ0n) is 13.2. The Morgan fingerprint density at radius 1 is 1.28 bits per heavy atom. The van der Waals surface area contributed by atoms with Gasteiger partial charge in [-0.3, -0.25) is 9.89 Å². The highest BCUT2D eigenvalue weighted by Gasteiger charge is 2.10. The number of benzene rings is 2. The van der Waals surface area contributed by atoms with E-state index in [0.717, 1.165) is 11.3 Å². The normalized spacial score (nSPS) is 10.5. The number of amides is 1. The number of methoxy groups -OCH3 is 1. The van der Waals surface area contributed by atoms with E-state index in [1.165, 1.54) is 12.1 Å². The lowest BCUT2D eigenvalue weighted by Gasteiger charge is -2.04. The molecule has 3 rings (SSSR count). The number of aromatic amines is 1. The highest BCUT2D eigenvalue weighted by Crippen LogP contribution is 2.19. The van der Waals surface area contributed by atoms with E-state index in [0.29, 0.717) is 16.1 Å². The van der Waals surface area contributed by atoms with Gasteiger partial charge in [-0.1, -0.05) is 15.9 Å². The number of carbonyl (C=O) groups excluding carboxylic acids is 1. The Balaban J connectivity index is 1.65. The van der Waals surface area contributed by atoms with Gasteiger partial charge in [0.2, 0.25) is 0 Å². The molecule has 25 heavy (non-hydrogen) atoms. The number of nitrogens with zero attached hydrogens (tertiary/aromatic N) is 2. The minimum absolute atomic E-state index is 0.149. The summed E-state index contributed by atoms with van der Waals surface area (Å²) in [4.78, 5) is 16.4. The summed E-state index contributed by atoms with van der Waals surface area (Å²) in [5, 5.41) is 9.57.